The SMILES string of the molecule is O=Cc1c(C(=O)N2CCCCC2)[nH]c2ncccc12. The minimum absolute atomic E-state index is 0.0974. The zero-order chi connectivity index (χ0) is 13.2. The van der Waals surface area contributed by atoms with Crippen LogP contribution in [0.4, 0.5) is 0 Å². The number of H-pyrrole nitrogens is 1. The Morgan fingerprint density at radius 3 is 2.84 bits per heavy atom. The van der Waals surface area contributed by atoms with Crippen molar-refractivity contribution >= 4 is 23.2 Å². The van der Waals surface area contributed by atoms with E-state index in [-0.39, 0.29) is 5.91 Å². The van der Waals surface area contributed by atoms with Gasteiger partial charge >= 0.3 is 0 Å². The van der Waals surface area contributed by atoms with Gasteiger partial charge in [-0.1, -0.05) is 0 Å². The van der Waals surface area contributed by atoms with Gasteiger partial charge in [-0.15, -0.1) is 0 Å². The van der Waals surface area contributed by atoms with Crippen molar-refractivity contribution in [3.8, 4) is 0 Å². The molecule has 19 heavy (non-hydrogen) atoms. The van der Waals surface area contributed by atoms with Crippen molar-refractivity contribution in [1.82, 2.24) is 14.9 Å². The van der Waals surface area contributed by atoms with Crippen molar-refractivity contribution in [3.63, 3.8) is 0 Å². The number of nitrogens with one attached hydrogen (secondary N) is 1. The van der Waals surface area contributed by atoms with Gasteiger partial charge in [-0.2, -0.15) is 0 Å². The molecule has 0 bridgehead atoms. The van der Waals surface area contributed by atoms with Crippen LogP contribution in [-0.4, -0.2) is 40.2 Å². The van der Waals surface area contributed by atoms with Gasteiger partial charge in [-0.3, -0.25) is 9.59 Å². The van der Waals surface area contributed by atoms with E-state index in [9.17, 15) is 9.59 Å². The number of hydrogen-bond donors (Lipinski definition) is 1. The molecule has 1 saturated heterocycles. The van der Waals surface area contributed by atoms with Crippen LogP contribution >= 0.6 is 0 Å². The third-order valence-corrected chi connectivity index (χ3v) is 3.59. The zero-order valence-corrected chi connectivity index (χ0v) is 10.6. The molecule has 1 aliphatic heterocycles. The largest absolute Gasteiger partial charge is 0.337 e. The van der Waals surface area contributed by atoms with Crippen LogP contribution in [-0.2, 0) is 0 Å². The van der Waals surface area contributed by atoms with E-state index in [0.717, 1.165) is 32.2 Å². The number of piperidine rings is 1. The quantitative estimate of drug-likeness (QED) is 0.837. The molecule has 98 valence electrons. The molecule has 0 aliphatic carbocycles. The lowest BCUT2D eigenvalue weighted by molar-refractivity contribution is 0.0716. The van der Waals surface area contributed by atoms with E-state index >= 15 is 0 Å². The number of aromatic nitrogens is 2. The normalized spacial score (nSPS) is 15.7. The van der Waals surface area contributed by atoms with Crippen molar-refractivity contribution in [2.45, 2.75) is 19.3 Å². The summed E-state index contributed by atoms with van der Waals surface area (Å²) in [6.07, 6.45) is 5.60. The number of amides is 1. The van der Waals surface area contributed by atoms with Gasteiger partial charge in [0.15, 0.2) is 6.29 Å². The first-order chi connectivity index (χ1) is 9.31. The minimum atomic E-state index is -0.0974. The molecule has 0 saturated carbocycles. The van der Waals surface area contributed by atoms with Gasteiger partial charge in [-0.05, 0) is 31.4 Å². The van der Waals surface area contributed by atoms with Crippen LogP contribution in [0.25, 0.3) is 11.0 Å². The fourth-order valence-corrected chi connectivity index (χ4v) is 2.59. The first-order valence-corrected chi connectivity index (χ1v) is 6.52. The van der Waals surface area contributed by atoms with E-state index in [1.807, 2.05) is 0 Å². The van der Waals surface area contributed by atoms with E-state index in [2.05, 4.69) is 9.97 Å². The summed E-state index contributed by atoms with van der Waals surface area (Å²) < 4.78 is 0. The Morgan fingerprint density at radius 1 is 1.32 bits per heavy atom. The number of aromatic amines is 1. The van der Waals surface area contributed by atoms with Crippen LogP contribution in [0.2, 0.25) is 0 Å². The maximum atomic E-state index is 12.5. The number of nitrogens with zero attached hydrogens (tertiary/aromatic N) is 2. The smallest absolute Gasteiger partial charge is 0.271 e. The summed E-state index contributed by atoms with van der Waals surface area (Å²) in [6, 6.07) is 3.56. The highest BCUT2D eigenvalue weighted by Gasteiger charge is 2.23. The molecule has 5 nitrogen and oxygen atoms in total. The van der Waals surface area contributed by atoms with E-state index in [0.29, 0.717) is 22.3 Å². The van der Waals surface area contributed by atoms with Crippen molar-refractivity contribution < 1.29 is 9.59 Å². The van der Waals surface area contributed by atoms with E-state index in [4.69, 9.17) is 0 Å². The molecular formula is C14H15N3O2. The number of likely N-dealkylation sites (tertiary alicyclic amines) is 1. The van der Waals surface area contributed by atoms with Crippen LogP contribution in [0.5, 0.6) is 0 Å². The molecule has 3 rings (SSSR count). The first kappa shape index (κ1) is 11.9. The van der Waals surface area contributed by atoms with E-state index in [1.165, 1.54) is 6.42 Å². The van der Waals surface area contributed by atoms with Gasteiger partial charge in [0.2, 0.25) is 0 Å². The predicted octanol–water partition coefficient (Wildman–Crippen LogP) is 2.00. The Bertz CT molecular complexity index is 627. The zero-order valence-electron chi connectivity index (χ0n) is 10.6. The number of carbonyl (C=O) groups excluding carboxylic acids is 2. The van der Waals surface area contributed by atoms with Crippen molar-refractivity contribution in [2.75, 3.05) is 13.1 Å². The van der Waals surface area contributed by atoms with Gasteiger partial charge < -0.3 is 9.88 Å². The Hall–Kier alpha value is -2.17. The monoisotopic (exact) mass is 257 g/mol. The summed E-state index contributed by atoms with van der Waals surface area (Å²) in [5.41, 5.74) is 1.37. The Labute approximate surface area is 110 Å². The molecule has 5 heteroatoms. The Kier molecular flexibility index (Phi) is 3.03. The second kappa shape index (κ2) is 4.84. The average molecular weight is 257 g/mol. The number of hydrogen-bond acceptors (Lipinski definition) is 3. The molecule has 1 aliphatic rings. The number of carbonyl (C=O) groups is 2. The highest BCUT2D eigenvalue weighted by Crippen LogP contribution is 2.21. The van der Waals surface area contributed by atoms with Gasteiger partial charge in [0.25, 0.3) is 5.91 Å². The molecular weight excluding hydrogens is 242 g/mol. The molecule has 3 heterocycles. The average Bonchev–Trinajstić information content (AvgIpc) is 2.85. The van der Waals surface area contributed by atoms with Crippen molar-refractivity contribution in [3.05, 3.63) is 29.6 Å². The molecule has 2 aromatic heterocycles. The standard InChI is InChI=1S/C14H15N3O2/c18-9-11-10-5-4-6-15-13(10)16-12(11)14(19)17-7-2-1-3-8-17/h4-6,9H,1-3,7-8H2,(H,15,16). The summed E-state index contributed by atoms with van der Waals surface area (Å²) in [4.78, 5) is 32.7. The van der Waals surface area contributed by atoms with Crippen molar-refractivity contribution in [1.29, 1.82) is 0 Å². The number of aldehydes is 1. The lowest BCUT2D eigenvalue weighted by Gasteiger charge is -2.26. The molecule has 0 unspecified atom stereocenters. The molecule has 0 radical (unpaired) electrons. The second-order valence-electron chi connectivity index (χ2n) is 4.78. The number of rotatable bonds is 2. The van der Waals surface area contributed by atoms with Gasteiger partial charge in [0.1, 0.15) is 11.3 Å². The lowest BCUT2D eigenvalue weighted by atomic mass is 10.1. The summed E-state index contributed by atoms with van der Waals surface area (Å²) in [5, 5.41) is 0.706. The molecule has 1 fully saturated rings. The topological polar surface area (TPSA) is 66.1 Å². The Morgan fingerprint density at radius 2 is 2.11 bits per heavy atom. The van der Waals surface area contributed by atoms with Crippen molar-refractivity contribution in [2.24, 2.45) is 0 Å². The van der Waals surface area contributed by atoms with E-state index in [1.54, 1.807) is 23.2 Å². The third kappa shape index (κ3) is 2.01. The minimum Gasteiger partial charge on any atom is -0.337 e. The van der Waals surface area contributed by atoms with E-state index < -0.39 is 0 Å². The Balaban J connectivity index is 2.03. The maximum absolute atomic E-state index is 12.5. The lowest BCUT2D eigenvalue weighted by Crippen LogP contribution is -2.36. The molecule has 0 atom stereocenters. The third-order valence-electron chi connectivity index (χ3n) is 3.59. The summed E-state index contributed by atoms with van der Waals surface area (Å²) in [7, 11) is 0. The maximum Gasteiger partial charge on any atom is 0.271 e. The van der Waals surface area contributed by atoms with Crippen LogP contribution in [0.1, 0.15) is 40.1 Å². The highest BCUT2D eigenvalue weighted by atomic mass is 16.2. The molecule has 0 spiro atoms. The molecule has 0 aromatic carbocycles. The first-order valence-electron chi connectivity index (χ1n) is 6.52. The fraction of sp³-hybridized carbons (Fsp3) is 0.357. The van der Waals surface area contributed by atoms with Crippen LogP contribution in [0, 0.1) is 0 Å². The number of pyridine rings is 1. The summed E-state index contributed by atoms with van der Waals surface area (Å²) in [6.45, 7) is 1.53. The molecule has 2 aromatic rings. The second-order valence-corrected chi connectivity index (χ2v) is 4.78. The molecule has 1 amide bonds. The molecule has 1 N–H and O–H groups in total. The van der Waals surface area contributed by atoms with Crippen LogP contribution in [0.3, 0.4) is 0 Å². The predicted molar refractivity (Wildman–Crippen MR) is 71.2 cm³/mol. The van der Waals surface area contributed by atoms with Gasteiger partial charge in [0, 0.05) is 24.7 Å². The van der Waals surface area contributed by atoms with Gasteiger partial charge in [-0.25, -0.2) is 4.98 Å². The highest BCUT2D eigenvalue weighted by molar-refractivity contribution is 6.08. The summed E-state index contributed by atoms with van der Waals surface area (Å²) in [5.74, 6) is -0.0974. The fourth-order valence-electron chi connectivity index (χ4n) is 2.59. The summed E-state index contributed by atoms with van der Waals surface area (Å²) >= 11 is 0. The number of fused-ring (bicyclic) bond motifs is 1. The van der Waals surface area contributed by atoms with Gasteiger partial charge in [0.05, 0.1) is 5.56 Å². The van der Waals surface area contributed by atoms with Crippen LogP contribution in [0.15, 0.2) is 18.3 Å². The van der Waals surface area contributed by atoms with Crippen LogP contribution < -0.4 is 0 Å².